The minimum absolute atomic E-state index is 0.0844. The Morgan fingerprint density at radius 1 is 1.19 bits per heavy atom. The lowest BCUT2D eigenvalue weighted by molar-refractivity contribution is -0.137. The zero-order chi connectivity index (χ0) is 15.5. The molecule has 0 atom stereocenters. The molecule has 0 radical (unpaired) electrons. The lowest BCUT2D eigenvalue weighted by Gasteiger charge is -2.07. The van der Waals surface area contributed by atoms with Crippen LogP contribution in [0.15, 0.2) is 24.3 Å². The topological polar surface area (TPSA) is 87.7 Å². The van der Waals surface area contributed by atoms with Crippen LogP contribution in [0.3, 0.4) is 0 Å². The quantitative estimate of drug-likeness (QED) is 0.556. The number of carboxylic acid groups (broad SMARTS) is 1. The van der Waals surface area contributed by atoms with E-state index >= 15 is 0 Å². The zero-order valence-electron chi connectivity index (χ0n) is 12.2. The first kappa shape index (κ1) is 17.0. The summed E-state index contributed by atoms with van der Waals surface area (Å²) in [6.45, 7) is 1.31. The number of hydrogen-bond acceptors (Lipinski definition) is 4. The number of benzene rings is 1. The van der Waals surface area contributed by atoms with Crippen LogP contribution >= 0.6 is 0 Å². The predicted molar refractivity (Wildman–Crippen MR) is 79.4 cm³/mol. The van der Waals surface area contributed by atoms with Gasteiger partial charge in [-0.1, -0.05) is 12.1 Å². The van der Waals surface area contributed by atoms with Crippen LogP contribution in [-0.2, 0) is 16.0 Å². The van der Waals surface area contributed by atoms with Gasteiger partial charge in [0.05, 0.1) is 13.7 Å². The molecule has 0 saturated heterocycles. The number of hydrogen-bond donors (Lipinski definition) is 3. The highest BCUT2D eigenvalue weighted by molar-refractivity contribution is 5.77. The Morgan fingerprint density at radius 3 is 2.52 bits per heavy atom. The van der Waals surface area contributed by atoms with Crippen molar-refractivity contribution in [3.8, 4) is 5.75 Å². The number of carbonyl (C=O) groups excluding carboxylic acids is 1. The van der Waals surface area contributed by atoms with E-state index < -0.39 is 5.97 Å². The minimum Gasteiger partial charge on any atom is -0.497 e. The number of rotatable bonds is 10. The van der Waals surface area contributed by atoms with Gasteiger partial charge in [0, 0.05) is 13.0 Å². The van der Waals surface area contributed by atoms with Crippen molar-refractivity contribution in [1.29, 1.82) is 0 Å². The lowest BCUT2D eigenvalue weighted by Crippen LogP contribution is -2.35. The number of ether oxygens (including phenoxy) is 1. The van der Waals surface area contributed by atoms with Gasteiger partial charge >= 0.3 is 5.97 Å². The van der Waals surface area contributed by atoms with E-state index in [4.69, 9.17) is 9.84 Å². The lowest BCUT2D eigenvalue weighted by atomic mass is 10.1. The third kappa shape index (κ3) is 7.94. The highest BCUT2D eigenvalue weighted by Gasteiger charge is 2.01. The second-order valence-corrected chi connectivity index (χ2v) is 4.62. The molecule has 0 aliphatic carbocycles. The fourth-order valence-corrected chi connectivity index (χ4v) is 1.77. The van der Waals surface area contributed by atoms with Crippen LogP contribution in [0, 0.1) is 0 Å². The monoisotopic (exact) mass is 294 g/mol. The molecule has 0 unspecified atom stereocenters. The maximum atomic E-state index is 11.5. The van der Waals surface area contributed by atoms with E-state index in [1.165, 1.54) is 0 Å². The smallest absolute Gasteiger partial charge is 0.303 e. The second-order valence-electron chi connectivity index (χ2n) is 4.62. The van der Waals surface area contributed by atoms with Crippen molar-refractivity contribution in [3.63, 3.8) is 0 Å². The molecule has 1 rings (SSSR count). The van der Waals surface area contributed by atoms with Crippen LogP contribution in [0.2, 0.25) is 0 Å². The van der Waals surface area contributed by atoms with Crippen molar-refractivity contribution < 1.29 is 19.4 Å². The summed E-state index contributed by atoms with van der Waals surface area (Å²) >= 11 is 0. The summed E-state index contributed by atoms with van der Waals surface area (Å²) in [6, 6.07) is 7.71. The molecule has 0 spiro atoms. The third-order valence-electron chi connectivity index (χ3n) is 2.92. The van der Waals surface area contributed by atoms with Gasteiger partial charge in [-0.25, -0.2) is 0 Å². The number of amides is 1. The van der Waals surface area contributed by atoms with Crippen LogP contribution < -0.4 is 15.4 Å². The molecule has 116 valence electrons. The molecule has 3 N–H and O–H groups in total. The van der Waals surface area contributed by atoms with Crippen molar-refractivity contribution in [1.82, 2.24) is 10.6 Å². The van der Waals surface area contributed by atoms with Crippen LogP contribution in [0.4, 0.5) is 0 Å². The number of carboxylic acids is 1. The van der Waals surface area contributed by atoms with Crippen LogP contribution in [-0.4, -0.2) is 43.7 Å². The molecule has 0 aromatic heterocycles. The van der Waals surface area contributed by atoms with E-state index in [9.17, 15) is 9.59 Å². The number of methoxy groups -OCH3 is 1. The van der Waals surface area contributed by atoms with Gasteiger partial charge in [-0.15, -0.1) is 0 Å². The average Bonchev–Trinajstić information content (AvgIpc) is 2.47. The molecule has 0 fully saturated rings. The Hall–Kier alpha value is -2.08. The summed E-state index contributed by atoms with van der Waals surface area (Å²) in [4.78, 5) is 21.8. The molecule has 6 nitrogen and oxygen atoms in total. The number of nitrogens with one attached hydrogen (secondary N) is 2. The Bertz CT molecular complexity index is 445. The molecule has 1 aromatic rings. The van der Waals surface area contributed by atoms with Gasteiger partial charge in [0.15, 0.2) is 0 Å². The Kier molecular flexibility index (Phi) is 7.89. The van der Waals surface area contributed by atoms with Crippen molar-refractivity contribution >= 4 is 11.9 Å². The largest absolute Gasteiger partial charge is 0.497 e. The molecule has 0 aliphatic heterocycles. The maximum absolute atomic E-state index is 11.5. The van der Waals surface area contributed by atoms with Gasteiger partial charge in [-0.2, -0.15) is 0 Å². The fourth-order valence-electron chi connectivity index (χ4n) is 1.77. The van der Waals surface area contributed by atoms with Gasteiger partial charge in [-0.05, 0) is 37.1 Å². The molecule has 0 aliphatic rings. The molecule has 0 saturated carbocycles. The molecule has 0 bridgehead atoms. The van der Waals surface area contributed by atoms with Crippen molar-refractivity contribution in [3.05, 3.63) is 29.8 Å². The molecular formula is C15H22N2O4. The van der Waals surface area contributed by atoms with Gasteiger partial charge in [-0.3, -0.25) is 9.59 Å². The summed E-state index contributed by atoms with van der Waals surface area (Å²) in [7, 11) is 1.62. The Labute approximate surface area is 124 Å². The molecule has 1 amide bonds. The Balaban J connectivity index is 2.08. The van der Waals surface area contributed by atoms with E-state index in [0.717, 1.165) is 17.7 Å². The van der Waals surface area contributed by atoms with E-state index in [0.29, 0.717) is 19.5 Å². The summed E-state index contributed by atoms with van der Waals surface area (Å²) < 4.78 is 5.08. The summed E-state index contributed by atoms with van der Waals surface area (Å²) in [5.41, 5.74) is 1.13. The summed E-state index contributed by atoms with van der Waals surface area (Å²) in [5.74, 6) is -0.0899. The molecular weight excluding hydrogens is 272 g/mol. The van der Waals surface area contributed by atoms with Crippen molar-refractivity contribution in [2.45, 2.75) is 19.3 Å². The minimum atomic E-state index is -0.819. The van der Waals surface area contributed by atoms with Crippen LogP contribution in [0.1, 0.15) is 18.4 Å². The van der Waals surface area contributed by atoms with Crippen LogP contribution in [0.5, 0.6) is 5.75 Å². The number of aliphatic carboxylic acids is 1. The van der Waals surface area contributed by atoms with Gasteiger partial charge in [0.2, 0.25) is 5.91 Å². The highest BCUT2D eigenvalue weighted by atomic mass is 16.5. The number of carbonyl (C=O) groups is 2. The second kappa shape index (κ2) is 9.77. The van der Waals surface area contributed by atoms with E-state index in [1.54, 1.807) is 7.11 Å². The highest BCUT2D eigenvalue weighted by Crippen LogP contribution is 2.11. The van der Waals surface area contributed by atoms with Gasteiger partial charge in [0.1, 0.15) is 5.75 Å². The molecule has 1 aromatic carbocycles. The van der Waals surface area contributed by atoms with E-state index in [1.807, 2.05) is 24.3 Å². The third-order valence-corrected chi connectivity index (χ3v) is 2.92. The van der Waals surface area contributed by atoms with Crippen molar-refractivity contribution in [2.75, 3.05) is 26.7 Å². The van der Waals surface area contributed by atoms with Gasteiger partial charge < -0.3 is 20.5 Å². The molecule has 21 heavy (non-hydrogen) atoms. The summed E-state index contributed by atoms with van der Waals surface area (Å²) in [5, 5.41) is 14.2. The SMILES string of the molecule is COc1ccc(CCNC(=O)CNCCCC(=O)O)cc1. The first-order chi connectivity index (χ1) is 10.1. The van der Waals surface area contributed by atoms with Gasteiger partial charge in [0.25, 0.3) is 0 Å². The fraction of sp³-hybridized carbons (Fsp3) is 0.467. The first-order valence-electron chi connectivity index (χ1n) is 6.94. The maximum Gasteiger partial charge on any atom is 0.303 e. The van der Waals surface area contributed by atoms with E-state index in [-0.39, 0.29) is 18.9 Å². The molecule has 0 heterocycles. The average molecular weight is 294 g/mol. The van der Waals surface area contributed by atoms with Crippen LogP contribution in [0.25, 0.3) is 0 Å². The normalized spacial score (nSPS) is 10.1. The zero-order valence-corrected chi connectivity index (χ0v) is 12.2. The Morgan fingerprint density at radius 2 is 1.90 bits per heavy atom. The predicted octanol–water partition coefficient (Wildman–Crippen LogP) is 0.808. The van der Waals surface area contributed by atoms with E-state index in [2.05, 4.69) is 10.6 Å². The summed E-state index contributed by atoms with van der Waals surface area (Å²) in [6.07, 6.45) is 1.40. The molecule has 6 heteroatoms. The van der Waals surface area contributed by atoms with Crippen molar-refractivity contribution in [2.24, 2.45) is 0 Å². The first-order valence-corrected chi connectivity index (χ1v) is 6.94. The standard InChI is InChI=1S/C15H22N2O4/c1-21-13-6-4-12(5-7-13)8-10-17-14(18)11-16-9-2-3-15(19)20/h4-7,16H,2-3,8-11H2,1H3,(H,17,18)(H,19,20).